The Morgan fingerprint density at radius 3 is 2.62 bits per heavy atom. The lowest BCUT2D eigenvalue weighted by Gasteiger charge is -2.34. The Hall–Kier alpha value is -2.05. The van der Waals surface area contributed by atoms with Gasteiger partial charge in [0.05, 0.1) is 25.5 Å². The molecule has 6 heteroatoms. The molecule has 3 heterocycles. The summed E-state index contributed by atoms with van der Waals surface area (Å²) >= 11 is 0. The number of hydrogen-bond donors (Lipinski definition) is 0. The normalized spacial score (nSPS) is 20.8. The van der Waals surface area contributed by atoms with Crippen molar-refractivity contribution in [3.63, 3.8) is 0 Å². The molecule has 2 aliphatic rings. The van der Waals surface area contributed by atoms with Crippen LogP contribution in [-0.4, -0.2) is 60.7 Å². The van der Waals surface area contributed by atoms with Crippen LogP contribution in [0.3, 0.4) is 0 Å². The lowest BCUT2D eigenvalue weighted by Crippen LogP contribution is -2.40. The average molecular weight is 399 g/mol. The van der Waals surface area contributed by atoms with Crippen LogP contribution in [-0.2, 0) is 18.3 Å². The van der Waals surface area contributed by atoms with Crippen LogP contribution in [0.2, 0.25) is 0 Å². The van der Waals surface area contributed by atoms with Gasteiger partial charge in [-0.2, -0.15) is 5.10 Å². The van der Waals surface area contributed by atoms with Crippen molar-refractivity contribution < 1.29 is 9.47 Å². The largest absolute Gasteiger partial charge is 0.493 e. The first kappa shape index (κ1) is 20.2. The van der Waals surface area contributed by atoms with E-state index < -0.39 is 0 Å². The van der Waals surface area contributed by atoms with E-state index in [1.807, 2.05) is 0 Å². The fourth-order valence-corrected chi connectivity index (χ4v) is 4.55. The second kappa shape index (κ2) is 9.18. The minimum absolute atomic E-state index is 0.578. The predicted octanol–water partition coefficient (Wildman–Crippen LogP) is 3.16. The maximum absolute atomic E-state index is 6.08. The fourth-order valence-electron chi connectivity index (χ4n) is 4.55. The van der Waals surface area contributed by atoms with E-state index in [2.05, 4.69) is 59.6 Å². The Labute approximate surface area is 174 Å². The number of aryl methyl sites for hydroxylation is 3. The number of rotatable bonds is 6. The molecule has 2 aliphatic heterocycles. The van der Waals surface area contributed by atoms with Crippen molar-refractivity contribution in [3.8, 4) is 5.75 Å². The molecule has 0 aliphatic carbocycles. The number of hydrogen-bond acceptors (Lipinski definition) is 5. The van der Waals surface area contributed by atoms with E-state index in [1.54, 1.807) is 0 Å². The van der Waals surface area contributed by atoms with Gasteiger partial charge in [0.2, 0.25) is 0 Å². The Morgan fingerprint density at radius 2 is 1.86 bits per heavy atom. The summed E-state index contributed by atoms with van der Waals surface area (Å²) < 4.78 is 13.7. The number of morpholine rings is 1. The van der Waals surface area contributed by atoms with E-state index in [4.69, 9.17) is 14.6 Å². The van der Waals surface area contributed by atoms with Crippen LogP contribution in [0.1, 0.15) is 29.7 Å². The highest BCUT2D eigenvalue weighted by Crippen LogP contribution is 2.28. The third-order valence-corrected chi connectivity index (χ3v) is 6.12. The smallest absolute Gasteiger partial charge is 0.131 e. The summed E-state index contributed by atoms with van der Waals surface area (Å²) in [5.41, 5.74) is 3.78. The summed E-state index contributed by atoms with van der Waals surface area (Å²) in [6.45, 7) is 11.7. The van der Waals surface area contributed by atoms with Gasteiger partial charge in [0, 0.05) is 44.7 Å². The van der Waals surface area contributed by atoms with E-state index in [9.17, 15) is 0 Å². The Kier molecular flexibility index (Phi) is 6.40. The van der Waals surface area contributed by atoms with Crippen LogP contribution in [0.25, 0.3) is 0 Å². The minimum atomic E-state index is 0.578. The van der Waals surface area contributed by atoms with Gasteiger partial charge in [-0.1, -0.05) is 17.7 Å². The van der Waals surface area contributed by atoms with Crippen molar-refractivity contribution >= 4 is 5.82 Å². The number of likely N-dealkylation sites (tertiary alicyclic amines) is 1. The molecule has 0 bridgehead atoms. The Balaban J connectivity index is 1.38. The molecule has 4 rings (SSSR count). The number of anilines is 1. The first-order chi connectivity index (χ1) is 14.1. The molecule has 0 unspecified atom stereocenters. The van der Waals surface area contributed by atoms with Gasteiger partial charge in [0.1, 0.15) is 11.6 Å². The molecule has 0 amide bonds. The van der Waals surface area contributed by atoms with Gasteiger partial charge in [-0.3, -0.25) is 9.58 Å². The maximum Gasteiger partial charge on any atom is 0.131 e. The number of aromatic nitrogens is 2. The van der Waals surface area contributed by atoms with Crippen LogP contribution in [0.5, 0.6) is 5.75 Å². The molecule has 0 radical (unpaired) electrons. The predicted molar refractivity (Wildman–Crippen MR) is 116 cm³/mol. The first-order valence-electron chi connectivity index (χ1n) is 10.9. The van der Waals surface area contributed by atoms with E-state index in [-0.39, 0.29) is 0 Å². The van der Waals surface area contributed by atoms with Crippen LogP contribution < -0.4 is 9.64 Å². The monoisotopic (exact) mass is 398 g/mol. The van der Waals surface area contributed by atoms with Crippen LogP contribution >= 0.6 is 0 Å². The summed E-state index contributed by atoms with van der Waals surface area (Å²) in [6.07, 6.45) is 2.47. The molecule has 1 aromatic heterocycles. The molecule has 6 nitrogen and oxygen atoms in total. The lowest BCUT2D eigenvalue weighted by molar-refractivity contribution is 0.120. The molecular formula is C23H34N4O2. The zero-order valence-corrected chi connectivity index (χ0v) is 18.1. The van der Waals surface area contributed by atoms with Gasteiger partial charge in [-0.25, -0.2) is 0 Å². The van der Waals surface area contributed by atoms with Crippen molar-refractivity contribution in [2.24, 2.45) is 13.0 Å². The van der Waals surface area contributed by atoms with Crippen LogP contribution in [0, 0.1) is 19.8 Å². The number of benzene rings is 1. The highest BCUT2D eigenvalue weighted by molar-refractivity contribution is 5.50. The molecule has 0 saturated carbocycles. The third kappa shape index (κ3) is 4.93. The summed E-state index contributed by atoms with van der Waals surface area (Å²) in [6, 6.07) is 8.37. The quantitative estimate of drug-likeness (QED) is 0.748. The number of piperidine rings is 1. The maximum atomic E-state index is 6.08. The molecule has 2 aromatic rings. The average Bonchev–Trinajstić information content (AvgIpc) is 3.01. The summed E-state index contributed by atoms with van der Waals surface area (Å²) in [5.74, 6) is 2.82. The second-order valence-electron chi connectivity index (χ2n) is 8.48. The van der Waals surface area contributed by atoms with E-state index in [0.717, 1.165) is 64.0 Å². The highest BCUT2D eigenvalue weighted by atomic mass is 16.5. The first-order valence-corrected chi connectivity index (χ1v) is 10.9. The topological polar surface area (TPSA) is 42.8 Å². The van der Waals surface area contributed by atoms with E-state index in [0.29, 0.717) is 5.92 Å². The van der Waals surface area contributed by atoms with Gasteiger partial charge in [-0.15, -0.1) is 0 Å². The number of ether oxygens (including phenoxy) is 2. The van der Waals surface area contributed by atoms with Crippen LogP contribution in [0.15, 0.2) is 24.3 Å². The zero-order valence-electron chi connectivity index (χ0n) is 18.1. The van der Waals surface area contributed by atoms with Crippen molar-refractivity contribution in [2.45, 2.75) is 33.2 Å². The lowest BCUT2D eigenvalue weighted by atomic mass is 9.98. The summed E-state index contributed by atoms with van der Waals surface area (Å²) in [7, 11) is 2.07. The van der Waals surface area contributed by atoms with Crippen molar-refractivity contribution in [2.75, 3.05) is 50.9 Å². The van der Waals surface area contributed by atoms with Gasteiger partial charge in [0.15, 0.2) is 0 Å². The van der Waals surface area contributed by atoms with Gasteiger partial charge in [0.25, 0.3) is 0 Å². The molecule has 1 aromatic carbocycles. The Morgan fingerprint density at radius 1 is 1.10 bits per heavy atom. The van der Waals surface area contributed by atoms with Gasteiger partial charge >= 0.3 is 0 Å². The molecule has 2 fully saturated rings. The summed E-state index contributed by atoms with van der Waals surface area (Å²) in [4.78, 5) is 5.02. The molecule has 0 N–H and O–H groups in total. The molecular weight excluding hydrogens is 364 g/mol. The SMILES string of the molecule is Cc1ccc(OC[C@@H]2CCCN(Cc3c(C)nn(C)c3N3CCOCC3)C2)cc1. The van der Waals surface area contributed by atoms with Crippen molar-refractivity contribution in [1.82, 2.24) is 14.7 Å². The molecule has 2 saturated heterocycles. The zero-order chi connectivity index (χ0) is 20.2. The highest BCUT2D eigenvalue weighted by Gasteiger charge is 2.26. The van der Waals surface area contributed by atoms with E-state index in [1.165, 1.54) is 29.8 Å². The molecule has 0 spiro atoms. The van der Waals surface area contributed by atoms with Crippen LogP contribution in [0.4, 0.5) is 5.82 Å². The van der Waals surface area contributed by atoms with Crippen molar-refractivity contribution in [1.29, 1.82) is 0 Å². The molecule has 29 heavy (non-hydrogen) atoms. The molecule has 1 atom stereocenters. The Bertz CT molecular complexity index is 796. The van der Waals surface area contributed by atoms with Gasteiger partial charge in [-0.05, 0) is 45.4 Å². The molecule has 158 valence electrons. The van der Waals surface area contributed by atoms with Crippen molar-refractivity contribution in [3.05, 3.63) is 41.1 Å². The minimum Gasteiger partial charge on any atom is -0.493 e. The fraction of sp³-hybridized carbons (Fsp3) is 0.609. The standard InChI is InChI=1S/C23H34N4O2/c1-18-6-8-21(9-7-18)29-17-20-5-4-10-26(15-20)16-22-19(2)24-25(3)23(22)27-11-13-28-14-12-27/h6-9,20H,4-5,10-17H2,1-3H3/t20-/m1/s1. The number of nitrogens with zero attached hydrogens (tertiary/aromatic N) is 4. The second-order valence-corrected chi connectivity index (χ2v) is 8.48. The van der Waals surface area contributed by atoms with Gasteiger partial charge < -0.3 is 14.4 Å². The van der Waals surface area contributed by atoms with E-state index >= 15 is 0 Å². The summed E-state index contributed by atoms with van der Waals surface area (Å²) in [5, 5.41) is 4.74. The third-order valence-electron chi connectivity index (χ3n) is 6.12.